The van der Waals surface area contributed by atoms with E-state index in [1.807, 2.05) is 59.4 Å². The fraction of sp³-hybridized carbons (Fsp3) is 0.300. The molecule has 3 aromatic rings. The topological polar surface area (TPSA) is 80.6 Å². The summed E-state index contributed by atoms with van der Waals surface area (Å²) in [4.78, 5) is 6.52. The van der Waals surface area contributed by atoms with E-state index in [0.29, 0.717) is 38.7 Å². The minimum Gasteiger partial charge on any atom is -0.379 e. The van der Waals surface area contributed by atoms with Crippen molar-refractivity contribution in [1.29, 1.82) is 0 Å². The van der Waals surface area contributed by atoms with E-state index in [-0.39, 0.29) is 4.90 Å². The van der Waals surface area contributed by atoms with Crippen LogP contribution in [0.25, 0.3) is 5.69 Å². The molecule has 0 saturated carbocycles. The first-order chi connectivity index (χ1) is 14.0. The number of nitrogens with zero attached hydrogens (tertiary/aromatic N) is 5. The second-order valence-electron chi connectivity index (χ2n) is 6.85. The molecule has 29 heavy (non-hydrogen) atoms. The lowest BCUT2D eigenvalue weighted by Crippen LogP contribution is -2.40. The van der Waals surface area contributed by atoms with Crippen LogP contribution in [0.15, 0.2) is 66.0 Å². The largest absolute Gasteiger partial charge is 0.379 e. The number of morpholine rings is 1. The van der Waals surface area contributed by atoms with Crippen LogP contribution in [-0.2, 0) is 21.3 Å². The maximum absolute atomic E-state index is 12.7. The summed E-state index contributed by atoms with van der Waals surface area (Å²) in [6.07, 6.45) is 5.22. The molecule has 0 spiro atoms. The molecule has 8 nitrogen and oxygen atoms in total. The lowest BCUT2D eigenvalue weighted by molar-refractivity contribution is 0.0730. The fourth-order valence-corrected chi connectivity index (χ4v) is 4.56. The van der Waals surface area contributed by atoms with Crippen LogP contribution >= 0.6 is 0 Å². The molecule has 0 N–H and O–H groups in total. The summed E-state index contributed by atoms with van der Waals surface area (Å²) in [7, 11) is -1.62. The molecule has 1 saturated heterocycles. The molecule has 0 unspecified atom stereocenters. The van der Waals surface area contributed by atoms with Crippen molar-refractivity contribution in [1.82, 2.24) is 19.1 Å². The van der Waals surface area contributed by atoms with E-state index in [9.17, 15) is 8.42 Å². The molecule has 1 aromatic carbocycles. The third-order valence-corrected chi connectivity index (χ3v) is 6.68. The first-order valence-corrected chi connectivity index (χ1v) is 10.8. The Balaban J connectivity index is 1.44. The summed E-state index contributed by atoms with van der Waals surface area (Å²) in [5, 5.41) is 4.41. The van der Waals surface area contributed by atoms with E-state index in [0.717, 1.165) is 11.3 Å². The molecule has 3 heterocycles. The lowest BCUT2D eigenvalue weighted by atomic mass is 10.3. The van der Waals surface area contributed by atoms with Crippen LogP contribution in [0.3, 0.4) is 0 Å². The van der Waals surface area contributed by atoms with E-state index >= 15 is 0 Å². The number of hydrogen-bond donors (Lipinski definition) is 0. The average Bonchev–Trinajstić information content (AvgIpc) is 3.23. The van der Waals surface area contributed by atoms with Crippen LogP contribution in [0, 0.1) is 0 Å². The predicted octanol–water partition coefficient (Wildman–Crippen LogP) is 1.92. The SMILES string of the molecule is CN(Cc1cnn(-c2ccccc2)c1)c1ccc(S(=O)(=O)N2CCOCC2)cn1. The summed E-state index contributed by atoms with van der Waals surface area (Å²) < 4.78 is 33.9. The van der Waals surface area contributed by atoms with Crippen molar-refractivity contribution in [3.8, 4) is 5.69 Å². The fourth-order valence-electron chi connectivity index (χ4n) is 3.21. The Hall–Kier alpha value is -2.75. The second kappa shape index (κ2) is 8.32. The van der Waals surface area contributed by atoms with Gasteiger partial charge in [-0.05, 0) is 24.3 Å². The zero-order valence-electron chi connectivity index (χ0n) is 16.2. The van der Waals surface area contributed by atoms with Gasteiger partial charge in [0.2, 0.25) is 10.0 Å². The summed E-state index contributed by atoms with van der Waals surface area (Å²) in [6, 6.07) is 13.2. The van der Waals surface area contributed by atoms with Gasteiger partial charge >= 0.3 is 0 Å². The van der Waals surface area contributed by atoms with Gasteiger partial charge in [-0.15, -0.1) is 0 Å². The Morgan fingerprint density at radius 2 is 1.83 bits per heavy atom. The molecule has 0 bridgehead atoms. The monoisotopic (exact) mass is 413 g/mol. The third-order valence-electron chi connectivity index (χ3n) is 4.80. The van der Waals surface area contributed by atoms with E-state index in [1.165, 1.54) is 10.5 Å². The minimum atomic E-state index is -3.53. The standard InChI is InChI=1S/C20H23N5O3S/c1-23(15-17-13-22-25(16-17)18-5-3-2-4-6-18)20-8-7-19(14-21-20)29(26,27)24-9-11-28-12-10-24/h2-8,13-14,16H,9-12,15H2,1H3. The van der Waals surface area contributed by atoms with Crippen molar-refractivity contribution in [2.24, 2.45) is 0 Å². The molecular formula is C20H23N5O3S. The van der Waals surface area contributed by atoms with Crippen LogP contribution in [-0.4, -0.2) is 60.8 Å². The number of para-hydroxylation sites is 1. The molecule has 0 radical (unpaired) electrons. The normalized spacial score (nSPS) is 15.3. The van der Waals surface area contributed by atoms with Gasteiger partial charge in [0, 0.05) is 44.6 Å². The Morgan fingerprint density at radius 1 is 1.07 bits per heavy atom. The number of rotatable bonds is 6. The Kier molecular flexibility index (Phi) is 5.61. The zero-order valence-corrected chi connectivity index (χ0v) is 17.0. The second-order valence-corrected chi connectivity index (χ2v) is 8.79. The van der Waals surface area contributed by atoms with Gasteiger partial charge in [-0.2, -0.15) is 9.40 Å². The maximum atomic E-state index is 12.7. The maximum Gasteiger partial charge on any atom is 0.244 e. The summed E-state index contributed by atoms with van der Waals surface area (Å²) in [6.45, 7) is 2.19. The van der Waals surface area contributed by atoms with Crippen molar-refractivity contribution in [2.75, 3.05) is 38.3 Å². The number of benzene rings is 1. The molecule has 1 aliphatic rings. The van der Waals surface area contributed by atoms with Crippen LogP contribution in [0.1, 0.15) is 5.56 Å². The van der Waals surface area contributed by atoms with Crippen LogP contribution < -0.4 is 4.90 Å². The molecule has 1 aliphatic heterocycles. The van der Waals surface area contributed by atoms with E-state index in [2.05, 4.69) is 10.1 Å². The highest BCUT2D eigenvalue weighted by Crippen LogP contribution is 2.20. The summed E-state index contributed by atoms with van der Waals surface area (Å²) >= 11 is 0. The van der Waals surface area contributed by atoms with Gasteiger partial charge in [0.1, 0.15) is 10.7 Å². The number of pyridine rings is 1. The van der Waals surface area contributed by atoms with Crippen LogP contribution in [0.4, 0.5) is 5.82 Å². The van der Waals surface area contributed by atoms with Crippen molar-refractivity contribution in [2.45, 2.75) is 11.4 Å². The minimum absolute atomic E-state index is 0.202. The Morgan fingerprint density at radius 3 is 2.52 bits per heavy atom. The van der Waals surface area contributed by atoms with Crippen molar-refractivity contribution in [3.05, 3.63) is 66.6 Å². The molecule has 2 aromatic heterocycles. The van der Waals surface area contributed by atoms with E-state index in [4.69, 9.17) is 4.74 Å². The van der Waals surface area contributed by atoms with Crippen molar-refractivity contribution in [3.63, 3.8) is 0 Å². The van der Waals surface area contributed by atoms with E-state index in [1.54, 1.807) is 12.1 Å². The van der Waals surface area contributed by atoms with Crippen LogP contribution in [0.5, 0.6) is 0 Å². The van der Waals surface area contributed by atoms with Gasteiger partial charge in [0.15, 0.2) is 0 Å². The zero-order chi connectivity index (χ0) is 20.3. The number of anilines is 1. The summed E-state index contributed by atoms with van der Waals surface area (Å²) in [5.41, 5.74) is 2.03. The van der Waals surface area contributed by atoms with Gasteiger partial charge in [-0.3, -0.25) is 0 Å². The van der Waals surface area contributed by atoms with Gasteiger partial charge in [0.25, 0.3) is 0 Å². The van der Waals surface area contributed by atoms with E-state index < -0.39 is 10.0 Å². The lowest BCUT2D eigenvalue weighted by Gasteiger charge is -2.26. The quantitative estimate of drug-likeness (QED) is 0.614. The molecule has 1 fully saturated rings. The molecular weight excluding hydrogens is 390 g/mol. The van der Waals surface area contributed by atoms with Crippen molar-refractivity contribution >= 4 is 15.8 Å². The number of hydrogen-bond acceptors (Lipinski definition) is 6. The highest BCUT2D eigenvalue weighted by Gasteiger charge is 2.26. The van der Waals surface area contributed by atoms with Crippen LogP contribution in [0.2, 0.25) is 0 Å². The number of ether oxygens (including phenoxy) is 1. The average molecular weight is 414 g/mol. The highest BCUT2D eigenvalue weighted by atomic mass is 32.2. The highest BCUT2D eigenvalue weighted by molar-refractivity contribution is 7.89. The molecule has 0 aliphatic carbocycles. The molecule has 9 heteroatoms. The molecule has 152 valence electrons. The Bertz CT molecular complexity index is 1050. The first-order valence-electron chi connectivity index (χ1n) is 9.38. The predicted molar refractivity (Wildman–Crippen MR) is 109 cm³/mol. The first kappa shape index (κ1) is 19.6. The molecule has 4 rings (SSSR count). The molecule has 0 atom stereocenters. The number of sulfonamides is 1. The molecule has 0 amide bonds. The smallest absolute Gasteiger partial charge is 0.244 e. The van der Waals surface area contributed by atoms with Gasteiger partial charge in [-0.25, -0.2) is 18.1 Å². The summed E-state index contributed by atoms with van der Waals surface area (Å²) in [5.74, 6) is 0.693. The van der Waals surface area contributed by atoms with Gasteiger partial charge in [-0.1, -0.05) is 18.2 Å². The third kappa shape index (κ3) is 4.31. The Labute approximate surface area is 170 Å². The van der Waals surface area contributed by atoms with Crippen molar-refractivity contribution < 1.29 is 13.2 Å². The van der Waals surface area contributed by atoms with Gasteiger partial charge in [0.05, 0.1) is 25.1 Å². The van der Waals surface area contributed by atoms with Gasteiger partial charge < -0.3 is 9.64 Å². The number of aromatic nitrogens is 3.